The highest BCUT2D eigenvalue weighted by atomic mass is 19.4. The zero-order valence-corrected chi connectivity index (χ0v) is 13.5. The van der Waals surface area contributed by atoms with Gasteiger partial charge in [-0.15, -0.1) is 13.2 Å². The van der Waals surface area contributed by atoms with Crippen LogP contribution < -0.4 is 10.1 Å². The third-order valence-electron chi connectivity index (χ3n) is 3.81. The lowest BCUT2D eigenvalue weighted by Gasteiger charge is -2.23. The Morgan fingerprint density at radius 3 is 2.36 bits per heavy atom. The molecule has 0 amide bonds. The van der Waals surface area contributed by atoms with Crippen LogP contribution >= 0.6 is 0 Å². The van der Waals surface area contributed by atoms with Crippen molar-refractivity contribution in [2.24, 2.45) is 0 Å². The van der Waals surface area contributed by atoms with Crippen molar-refractivity contribution in [3.63, 3.8) is 0 Å². The van der Waals surface area contributed by atoms with Gasteiger partial charge in [-0.3, -0.25) is 5.41 Å². The lowest BCUT2D eigenvalue weighted by molar-refractivity contribution is -0.274. The van der Waals surface area contributed by atoms with Crippen molar-refractivity contribution in [2.45, 2.75) is 19.0 Å². The minimum atomic E-state index is -4.74. The fourth-order valence-corrected chi connectivity index (χ4v) is 2.64. The summed E-state index contributed by atoms with van der Waals surface area (Å²) in [4.78, 5) is 5.65. The average Bonchev–Trinajstić information content (AvgIpc) is 2.80. The molecule has 0 aromatic heterocycles. The van der Waals surface area contributed by atoms with E-state index in [9.17, 15) is 13.2 Å². The van der Waals surface area contributed by atoms with Gasteiger partial charge in [-0.25, -0.2) is 9.90 Å². The van der Waals surface area contributed by atoms with Crippen LogP contribution in [-0.2, 0) is 10.6 Å². The lowest BCUT2D eigenvalue weighted by Crippen LogP contribution is -2.36. The summed E-state index contributed by atoms with van der Waals surface area (Å²) in [6, 6.07) is 12.9. The van der Waals surface area contributed by atoms with Gasteiger partial charge in [0.25, 0.3) is 0 Å². The van der Waals surface area contributed by atoms with Crippen LogP contribution in [0, 0.1) is 5.41 Å². The minimum Gasteiger partial charge on any atom is -0.406 e. The van der Waals surface area contributed by atoms with Crippen molar-refractivity contribution in [2.75, 3.05) is 7.05 Å². The molecule has 132 valence electrons. The van der Waals surface area contributed by atoms with Gasteiger partial charge in [0.15, 0.2) is 5.72 Å². The van der Waals surface area contributed by atoms with Crippen molar-refractivity contribution in [1.82, 2.24) is 10.4 Å². The Labute approximate surface area is 142 Å². The third kappa shape index (κ3) is 3.69. The van der Waals surface area contributed by atoms with Crippen LogP contribution in [0.15, 0.2) is 48.5 Å². The van der Waals surface area contributed by atoms with Crippen LogP contribution in [0.1, 0.15) is 12.5 Å². The van der Waals surface area contributed by atoms with Gasteiger partial charge in [-0.05, 0) is 36.2 Å². The van der Waals surface area contributed by atoms with Gasteiger partial charge in [0.05, 0.1) is 0 Å². The van der Waals surface area contributed by atoms with Gasteiger partial charge in [-0.2, -0.15) is 0 Å². The zero-order chi connectivity index (χ0) is 18.2. The number of ether oxygens (including phenoxy) is 1. The predicted molar refractivity (Wildman–Crippen MR) is 85.6 cm³/mol. The molecule has 0 spiro atoms. The number of alkyl halides is 3. The molecular formula is C17H16F3N3O2. The molecule has 0 saturated carbocycles. The number of nitrogens with zero attached hydrogens (tertiary/aromatic N) is 1. The molecule has 2 aromatic carbocycles. The van der Waals surface area contributed by atoms with Gasteiger partial charge >= 0.3 is 6.36 Å². The summed E-state index contributed by atoms with van der Waals surface area (Å²) >= 11 is 0. The largest absolute Gasteiger partial charge is 0.573 e. The van der Waals surface area contributed by atoms with Gasteiger partial charge < -0.3 is 10.1 Å². The number of nitrogens with one attached hydrogen (secondary N) is 2. The first-order valence-electron chi connectivity index (χ1n) is 7.43. The summed E-state index contributed by atoms with van der Waals surface area (Å²) < 4.78 is 41.2. The molecule has 25 heavy (non-hydrogen) atoms. The van der Waals surface area contributed by atoms with Crippen LogP contribution in [0.2, 0.25) is 0 Å². The van der Waals surface area contributed by atoms with Gasteiger partial charge in [0.2, 0.25) is 5.96 Å². The van der Waals surface area contributed by atoms with Crippen LogP contribution in [-0.4, -0.2) is 24.4 Å². The van der Waals surface area contributed by atoms with Crippen molar-refractivity contribution in [1.29, 1.82) is 5.41 Å². The zero-order valence-electron chi connectivity index (χ0n) is 13.5. The molecule has 5 nitrogen and oxygen atoms in total. The number of benzene rings is 2. The topological polar surface area (TPSA) is 57.6 Å². The molecule has 0 aliphatic carbocycles. The Hall–Kier alpha value is -2.74. The smallest absolute Gasteiger partial charge is 0.406 e. The number of hydrogen-bond acceptors (Lipinski definition) is 3. The molecule has 2 aromatic rings. The molecule has 1 heterocycles. The first kappa shape index (κ1) is 17.1. The van der Waals surface area contributed by atoms with E-state index in [1.165, 1.54) is 23.3 Å². The Balaban J connectivity index is 1.92. The molecule has 8 heteroatoms. The van der Waals surface area contributed by atoms with Crippen LogP contribution in [0.3, 0.4) is 0 Å². The van der Waals surface area contributed by atoms with E-state index in [0.29, 0.717) is 11.1 Å². The van der Waals surface area contributed by atoms with Crippen LogP contribution in [0.25, 0.3) is 11.1 Å². The van der Waals surface area contributed by atoms with E-state index in [1.807, 2.05) is 6.07 Å². The lowest BCUT2D eigenvalue weighted by atomic mass is 9.98. The van der Waals surface area contributed by atoms with Crippen molar-refractivity contribution < 1.29 is 22.7 Å². The summed E-state index contributed by atoms with van der Waals surface area (Å²) in [6.07, 6.45) is -4.74. The Bertz CT molecular complexity index is 810. The first-order chi connectivity index (χ1) is 11.7. The van der Waals surface area contributed by atoms with E-state index in [0.717, 1.165) is 5.56 Å². The number of hydrogen-bond donors (Lipinski definition) is 2. The highest BCUT2D eigenvalue weighted by molar-refractivity contribution is 5.78. The second-order valence-corrected chi connectivity index (χ2v) is 5.75. The molecule has 1 saturated heterocycles. The van der Waals surface area contributed by atoms with Crippen molar-refractivity contribution >= 4 is 5.96 Å². The van der Waals surface area contributed by atoms with E-state index < -0.39 is 12.1 Å². The third-order valence-corrected chi connectivity index (χ3v) is 3.81. The maximum atomic E-state index is 12.4. The highest BCUT2D eigenvalue weighted by Crippen LogP contribution is 2.32. The summed E-state index contributed by atoms with van der Waals surface area (Å²) in [7, 11) is 1.61. The molecule has 2 N–H and O–H groups in total. The molecular weight excluding hydrogens is 335 g/mol. The number of guanidine groups is 1. The Morgan fingerprint density at radius 2 is 1.76 bits per heavy atom. The van der Waals surface area contributed by atoms with Crippen LogP contribution in [0.5, 0.6) is 5.75 Å². The standard InChI is InChI=1S/C17H16F3N3O2/c1-16(22-15(21)23(2)25-16)13-7-3-5-11(9-13)12-6-4-8-14(10-12)24-17(18,19)20/h3-10H,1-2H3,(H2,21,22). The SMILES string of the molecule is CN1OC(C)(c2cccc(-c3cccc(OC(F)(F)F)c3)c2)NC1=N. The minimum absolute atomic E-state index is 0.119. The maximum absolute atomic E-state index is 12.4. The highest BCUT2D eigenvalue weighted by Gasteiger charge is 2.38. The Morgan fingerprint density at radius 1 is 1.12 bits per heavy atom. The van der Waals surface area contributed by atoms with Gasteiger partial charge in [-0.1, -0.05) is 30.3 Å². The first-order valence-corrected chi connectivity index (χ1v) is 7.43. The molecule has 1 aliphatic heterocycles. The number of rotatable bonds is 3. The van der Waals surface area contributed by atoms with Gasteiger partial charge in [0.1, 0.15) is 5.75 Å². The fraction of sp³-hybridized carbons (Fsp3) is 0.235. The molecule has 1 aliphatic rings. The fourth-order valence-electron chi connectivity index (χ4n) is 2.64. The van der Waals surface area contributed by atoms with Gasteiger partial charge in [0, 0.05) is 12.6 Å². The van der Waals surface area contributed by atoms with E-state index in [2.05, 4.69) is 10.1 Å². The second-order valence-electron chi connectivity index (χ2n) is 5.75. The second kappa shape index (κ2) is 5.96. The van der Waals surface area contributed by atoms with Crippen molar-refractivity contribution in [3.8, 4) is 16.9 Å². The summed E-state index contributed by atoms with van der Waals surface area (Å²) in [5.41, 5.74) is 1.09. The molecule has 0 radical (unpaired) electrons. The number of halogens is 3. The number of hydroxylamine groups is 2. The summed E-state index contributed by atoms with van der Waals surface area (Å²) in [5.74, 6) is -0.160. The molecule has 0 bridgehead atoms. The van der Waals surface area contributed by atoms with Crippen molar-refractivity contribution in [3.05, 3.63) is 54.1 Å². The van der Waals surface area contributed by atoms with E-state index in [-0.39, 0.29) is 11.7 Å². The molecule has 1 unspecified atom stereocenters. The van der Waals surface area contributed by atoms with Crippen LogP contribution in [0.4, 0.5) is 13.2 Å². The quantitative estimate of drug-likeness (QED) is 0.883. The predicted octanol–water partition coefficient (Wildman–Crippen LogP) is 3.83. The molecule has 1 fully saturated rings. The monoisotopic (exact) mass is 351 g/mol. The molecule has 3 rings (SSSR count). The Kier molecular flexibility index (Phi) is 4.08. The van der Waals surface area contributed by atoms with E-state index in [4.69, 9.17) is 10.2 Å². The summed E-state index contributed by atoms with van der Waals surface area (Å²) in [6.45, 7) is 1.77. The van der Waals surface area contributed by atoms with E-state index >= 15 is 0 Å². The average molecular weight is 351 g/mol. The normalized spacial score (nSPS) is 20.5. The molecule has 1 atom stereocenters. The maximum Gasteiger partial charge on any atom is 0.573 e. The summed E-state index contributed by atoms with van der Waals surface area (Å²) in [5, 5.41) is 12.0. The van der Waals surface area contributed by atoms with E-state index in [1.54, 1.807) is 38.2 Å².